The Labute approximate surface area is 174 Å². The zero-order valence-corrected chi connectivity index (χ0v) is 17.8. The number of halogens is 1. The summed E-state index contributed by atoms with van der Waals surface area (Å²) in [7, 11) is -3.89. The number of carbonyl (C=O) groups excluding carboxylic acids is 1. The summed E-state index contributed by atoms with van der Waals surface area (Å²) in [6.07, 6.45) is 2.15. The molecule has 1 atom stereocenters. The summed E-state index contributed by atoms with van der Waals surface area (Å²) in [4.78, 5) is 23.1. The summed E-state index contributed by atoms with van der Waals surface area (Å²) in [5.74, 6) is -0.844. The predicted molar refractivity (Wildman–Crippen MR) is 112 cm³/mol. The molecule has 0 saturated heterocycles. The number of nitro groups is 1. The minimum absolute atomic E-state index is 0.0839. The van der Waals surface area contributed by atoms with Gasteiger partial charge in [0.15, 0.2) is 0 Å². The Kier molecular flexibility index (Phi) is 7.49. The van der Waals surface area contributed by atoms with Crippen molar-refractivity contribution in [3.8, 4) is 0 Å². The molecule has 1 amide bonds. The Hall–Kier alpha value is -3.01. The zero-order valence-electron chi connectivity index (χ0n) is 17.0. The van der Waals surface area contributed by atoms with Crippen molar-refractivity contribution in [2.75, 3.05) is 17.1 Å². The maximum atomic E-state index is 12.9. The van der Waals surface area contributed by atoms with Crippen molar-refractivity contribution in [2.45, 2.75) is 32.7 Å². The van der Waals surface area contributed by atoms with Gasteiger partial charge in [-0.25, -0.2) is 12.8 Å². The molecule has 0 saturated carbocycles. The fourth-order valence-corrected chi connectivity index (χ4v) is 4.26. The fourth-order valence-electron chi connectivity index (χ4n) is 3.03. The Morgan fingerprint density at radius 1 is 1.23 bits per heavy atom. The van der Waals surface area contributed by atoms with E-state index >= 15 is 0 Å². The third-order valence-electron chi connectivity index (χ3n) is 4.58. The van der Waals surface area contributed by atoms with Crippen LogP contribution in [-0.2, 0) is 21.2 Å². The zero-order chi connectivity index (χ0) is 22.5. The minimum Gasteiger partial charge on any atom is -0.354 e. The molecule has 0 aliphatic rings. The van der Waals surface area contributed by atoms with Crippen LogP contribution in [0.2, 0.25) is 0 Å². The predicted octanol–water partition coefficient (Wildman–Crippen LogP) is 2.95. The molecule has 0 aliphatic heterocycles. The highest BCUT2D eigenvalue weighted by molar-refractivity contribution is 7.92. The standard InChI is InChI=1S/C20H24FN3O5S/c1-14-6-11-18(24(26)27)13-19(14)23(30(3,28)29)15(2)20(25)22-12-4-5-16-7-9-17(21)10-8-16/h6-11,13,15H,4-5,12H2,1-3H3,(H,22,25)/t15-/m0/s1. The van der Waals surface area contributed by atoms with Crippen LogP contribution in [0.15, 0.2) is 42.5 Å². The van der Waals surface area contributed by atoms with Crippen molar-refractivity contribution in [1.29, 1.82) is 0 Å². The van der Waals surface area contributed by atoms with Crippen LogP contribution in [0.4, 0.5) is 15.8 Å². The van der Waals surface area contributed by atoms with E-state index in [9.17, 15) is 27.7 Å². The van der Waals surface area contributed by atoms with Crippen LogP contribution >= 0.6 is 0 Å². The Morgan fingerprint density at radius 3 is 2.43 bits per heavy atom. The first-order valence-electron chi connectivity index (χ1n) is 9.27. The van der Waals surface area contributed by atoms with E-state index in [-0.39, 0.29) is 17.2 Å². The lowest BCUT2D eigenvalue weighted by Gasteiger charge is -2.29. The number of benzene rings is 2. The van der Waals surface area contributed by atoms with Crippen LogP contribution < -0.4 is 9.62 Å². The third kappa shape index (κ3) is 5.99. The van der Waals surface area contributed by atoms with Crippen LogP contribution in [0, 0.1) is 22.9 Å². The van der Waals surface area contributed by atoms with E-state index in [1.807, 2.05) is 0 Å². The monoisotopic (exact) mass is 437 g/mol. The second-order valence-electron chi connectivity index (χ2n) is 6.98. The second kappa shape index (κ2) is 9.66. The number of hydrogen-bond acceptors (Lipinski definition) is 5. The lowest BCUT2D eigenvalue weighted by atomic mass is 10.1. The molecule has 0 bridgehead atoms. The van der Waals surface area contributed by atoms with Gasteiger partial charge in [-0.05, 0) is 49.9 Å². The number of sulfonamides is 1. The highest BCUT2D eigenvalue weighted by Crippen LogP contribution is 2.29. The molecular formula is C20H24FN3O5S. The third-order valence-corrected chi connectivity index (χ3v) is 5.81. The average molecular weight is 437 g/mol. The minimum atomic E-state index is -3.89. The second-order valence-corrected chi connectivity index (χ2v) is 8.84. The van der Waals surface area contributed by atoms with Crippen molar-refractivity contribution in [3.05, 3.63) is 69.5 Å². The number of hydrogen-bond donors (Lipinski definition) is 1. The lowest BCUT2D eigenvalue weighted by molar-refractivity contribution is -0.384. The number of nitro benzene ring substituents is 1. The molecule has 0 spiro atoms. The Bertz CT molecular complexity index is 1030. The van der Waals surface area contributed by atoms with Crippen molar-refractivity contribution in [2.24, 2.45) is 0 Å². The molecule has 2 aromatic carbocycles. The number of amides is 1. The van der Waals surface area contributed by atoms with Gasteiger partial charge in [-0.1, -0.05) is 18.2 Å². The van der Waals surface area contributed by atoms with E-state index in [4.69, 9.17) is 0 Å². The number of nitrogens with one attached hydrogen (secondary N) is 1. The van der Waals surface area contributed by atoms with Crippen molar-refractivity contribution < 1.29 is 22.5 Å². The van der Waals surface area contributed by atoms with Gasteiger partial charge in [-0.15, -0.1) is 0 Å². The Morgan fingerprint density at radius 2 is 1.87 bits per heavy atom. The van der Waals surface area contributed by atoms with Gasteiger partial charge in [0, 0.05) is 18.7 Å². The summed E-state index contributed by atoms with van der Waals surface area (Å²) >= 11 is 0. The molecule has 30 heavy (non-hydrogen) atoms. The summed E-state index contributed by atoms with van der Waals surface area (Å²) in [5, 5.41) is 13.8. The van der Waals surface area contributed by atoms with Crippen LogP contribution in [0.3, 0.4) is 0 Å². The molecule has 162 valence electrons. The van der Waals surface area contributed by atoms with E-state index in [1.54, 1.807) is 19.1 Å². The molecule has 0 heterocycles. The maximum absolute atomic E-state index is 12.9. The SMILES string of the molecule is Cc1ccc([N+](=O)[O-])cc1N([C@@H](C)C(=O)NCCCc1ccc(F)cc1)S(C)(=O)=O. The largest absolute Gasteiger partial charge is 0.354 e. The van der Waals surface area contributed by atoms with E-state index in [0.29, 0.717) is 24.9 Å². The lowest BCUT2D eigenvalue weighted by Crippen LogP contribution is -2.48. The van der Waals surface area contributed by atoms with E-state index in [2.05, 4.69) is 5.32 Å². The van der Waals surface area contributed by atoms with Gasteiger partial charge >= 0.3 is 0 Å². The van der Waals surface area contributed by atoms with Gasteiger partial charge in [0.25, 0.3) is 5.69 Å². The van der Waals surface area contributed by atoms with Crippen molar-refractivity contribution >= 4 is 27.3 Å². The van der Waals surface area contributed by atoms with Gasteiger partial charge in [-0.2, -0.15) is 0 Å². The van der Waals surface area contributed by atoms with Gasteiger partial charge in [0.05, 0.1) is 16.9 Å². The average Bonchev–Trinajstić information content (AvgIpc) is 2.66. The van der Waals surface area contributed by atoms with Gasteiger partial charge < -0.3 is 5.32 Å². The molecule has 0 fully saturated rings. The normalized spacial score (nSPS) is 12.3. The highest BCUT2D eigenvalue weighted by Gasteiger charge is 2.31. The van der Waals surface area contributed by atoms with Crippen LogP contribution in [0.5, 0.6) is 0 Å². The molecule has 0 unspecified atom stereocenters. The molecule has 0 aliphatic carbocycles. The van der Waals surface area contributed by atoms with E-state index in [0.717, 1.165) is 22.2 Å². The van der Waals surface area contributed by atoms with Crippen LogP contribution in [-0.4, -0.2) is 38.1 Å². The number of carbonyl (C=O) groups is 1. The topological polar surface area (TPSA) is 110 Å². The summed E-state index contributed by atoms with van der Waals surface area (Å²) in [6.45, 7) is 3.34. The maximum Gasteiger partial charge on any atom is 0.271 e. The Balaban J connectivity index is 2.10. The molecule has 0 radical (unpaired) electrons. The first-order chi connectivity index (χ1) is 14.0. The van der Waals surface area contributed by atoms with Crippen molar-refractivity contribution in [1.82, 2.24) is 5.32 Å². The van der Waals surface area contributed by atoms with Crippen molar-refractivity contribution in [3.63, 3.8) is 0 Å². The molecule has 1 N–H and O–H groups in total. The van der Waals surface area contributed by atoms with E-state index in [1.165, 1.54) is 31.2 Å². The van der Waals surface area contributed by atoms with Gasteiger partial charge in [0.1, 0.15) is 11.9 Å². The van der Waals surface area contributed by atoms with E-state index < -0.39 is 26.9 Å². The number of non-ortho nitro benzene ring substituents is 1. The number of nitrogens with zero attached hydrogens (tertiary/aromatic N) is 2. The highest BCUT2D eigenvalue weighted by atomic mass is 32.2. The van der Waals surface area contributed by atoms with Crippen LogP contribution in [0.25, 0.3) is 0 Å². The van der Waals surface area contributed by atoms with Crippen LogP contribution in [0.1, 0.15) is 24.5 Å². The first-order valence-corrected chi connectivity index (χ1v) is 11.1. The molecule has 0 aromatic heterocycles. The smallest absolute Gasteiger partial charge is 0.271 e. The molecular weight excluding hydrogens is 413 g/mol. The molecule has 8 nitrogen and oxygen atoms in total. The quantitative estimate of drug-likeness (QED) is 0.368. The molecule has 2 rings (SSSR count). The first kappa shape index (κ1) is 23.3. The summed E-state index contributed by atoms with van der Waals surface area (Å²) < 4.78 is 38.6. The number of aryl methyl sites for hydroxylation is 2. The number of anilines is 1. The summed E-state index contributed by atoms with van der Waals surface area (Å²) in [5.41, 5.74) is 1.22. The van der Waals surface area contributed by atoms with Gasteiger partial charge in [-0.3, -0.25) is 19.2 Å². The number of rotatable bonds is 9. The molecule has 2 aromatic rings. The molecule has 10 heteroatoms. The fraction of sp³-hybridized carbons (Fsp3) is 0.350. The van der Waals surface area contributed by atoms with Gasteiger partial charge in [0.2, 0.25) is 15.9 Å². The summed E-state index contributed by atoms with van der Waals surface area (Å²) in [6, 6.07) is 8.81.